The maximum atomic E-state index is 5.69. The molecule has 0 radical (unpaired) electrons. The van der Waals surface area contributed by atoms with Crippen LogP contribution in [0.2, 0.25) is 0 Å². The largest absolute Gasteiger partial charge is 0.375 e. The third-order valence-electron chi connectivity index (χ3n) is 2.31. The molecule has 0 aliphatic carbocycles. The van der Waals surface area contributed by atoms with E-state index in [1.807, 2.05) is 25.1 Å². The predicted octanol–water partition coefficient (Wildman–Crippen LogP) is 4.15. The molecule has 1 aromatic heterocycles. The summed E-state index contributed by atoms with van der Waals surface area (Å²) in [6.45, 7) is 1.99. The zero-order chi connectivity index (χ0) is 11.7. The van der Waals surface area contributed by atoms with Crippen LogP contribution in [-0.4, -0.2) is 4.98 Å². The summed E-state index contributed by atoms with van der Waals surface area (Å²) in [5.74, 6) is 0. The fourth-order valence-electron chi connectivity index (χ4n) is 1.48. The number of nitrogens with zero attached hydrogens (tertiary/aromatic N) is 1. The molecule has 5 heteroatoms. The summed E-state index contributed by atoms with van der Waals surface area (Å²) in [4.78, 5) is 5.45. The maximum absolute atomic E-state index is 5.69. The highest BCUT2D eigenvalue weighted by Crippen LogP contribution is 2.30. The van der Waals surface area contributed by atoms with Crippen molar-refractivity contribution >= 4 is 48.3 Å². The molecule has 0 fully saturated rings. The summed E-state index contributed by atoms with van der Waals surface area (Å²) < 4.78 is 2.21. The Kier molecular flexibility index (Phi) is 3.66. The van der Waals surface area contributed by atoms with Crippen molar-refractivity contribution in [3.05, 3.63) is 43.3 Å². The van der Waals surface area contributed by atoms with Crippen molar-refractivity contribution in [1.29, 1.82) is 0 Å². The summed E-state index contributed by atoms with van der Waals surface area (Å²) in [5.41, 5.74) is 7.94. The van der Waals surface area contributed by atoms with E-state index in [4.69, 9.17) is 5.73 Å². The van der Waals surface area contributed by atoms with Crippen molar-refractivity contribution in [2.24, 2.45) is 0 Å². The van der Waals surface area contributed by atoms with Gasteiger partial charge in [0, 0.05) is 20.2 Å². The van der Waals surface area contributed by atoms with Gasteiger partial charge in [0.15, 0.2) is 5.13 Å². The van der Waals surface area contributed by atoms with Crippen molar-refractivity contribution < 1.29 is 0 Å². The number of hydrogen-bond donors (Lipinski definition) is 1. The molecule has 0 saturated heterocycles. The summed E-state index contributed by atoms with van der Waals surface area (Å²) >= 11 is 8.67. The first-order chi connectivity index (χ1) is 7.58. The minimum Gasteiger partial charge on any atom is -0.375 e. The Bertz CT molecular complexity index is 502. The number of nitrogens with two attached hydrogens (primary N) is 1. The molecule has 0 aliphatic rings. The van der Waals surface area contributed by atoms with Gasteiger partial charge in [-0.25, -0.2) is 4.98 Å². The Morgan fingerprint density at radius 2 is 1.94 bits per heavy atom. The fourth-order valence-corrected chi connectivity index (χ4v) is 3.60. The van der Waals surface area contributed by atoms with E-state index in [1.165, 1.54) is 10.4 Å². The summed E-state index contributed by atoms with van der Waals surface area (Å²) in [7, 11) is 0. The molecule has 0 amide bonds. The topological polar surface area (TPSA) is 38.9 Å². The highest BCUT2D eigenvalue weighted by Gasteiger charge is 2.10. The van der Waals surface area contributed by atoms with Crippen LogP contribution in [0.3, 0.4) is 0 Å². The molecule has 0 spiro atoms. The van der Waals surface area contributed by atoms with Gasteiger partial charge >= 0.3 is 0 Å². The van der Waals surface area contributed by atoms with E-state index in [0.29, 0.717) is 5.13 Å². The second-order valence-electron chi connectivity index (χ2n) is 3.44. The van der Waals surface area contributed by atoms with Crippen molar-refractivity contribution in [1.82, 2.24) is 4.98 Å². The van der Waals surface area contributed by atoms with Crippen LogP contribution < -0.4 is 5.73 Å². The van der Waals surface area contributed by atoms with Gasteiger partial charge in [0.1, 0.15) is 0 Å². The second-order valence-corrected chi connectivity index (χ2v) is 6.26. The van der Waals surface area contributed by atoms with Crippen LogP contribution in [0.1, 0.15) is 16.1 Å². The number of hydrogen-bond acceptors (Lipinski definition) is 3. The number of aryl methyl sites for hydroxylation is 1. The monoisotopic (exact) mass is 360 g/mol. The SMILES string of the molecule is Cc1nc(N)sc1Cc1c(Br)cccc1Br. The van der Waals surface area contributed by atoms with Crippen LogP contribution in [0.15, 0.2) is 27.1 Å². The average molecular weight is 362 g/mol. The average Bonchev–Trinajstić information content (AvgIpc) is 2.51. The van der Waals surface area contributed by atoms with Crippen LogP contribution in [0.25, 0.3) is 0 Å². The van der Waals surface area contributed by atoms with E-state index < -0.39 is 0 Å². The molecule has 1 aromatic carbocycles. The molecule has 0 bridgehead atoms. The molecule has 16 heavy (non-hydrogen) atoms. The van der Waals surface area contributed by atoms with Crippen LogP contribution in [0, 0.1) is 6.92 Å². The van der Waals surface area contributed by atoms with Gasteiger partial charge < -0.3 is 5.73 Å². The van der Waals surface area contributed by atoms with E-state index in [0.717, 1.165) is 21.1 Å². The molecular formula is C11H10Br2N2S. The third kappa shape index (κ3) is 2.47. The third-order valence-corrected chi connectivity index (χ3v) is 4.78. The highest BCUT2D eigenvalue weighted by molar-refractivity contribution is 9.11. The summed E-state index contributed by atoms with van der Waals surface area (Å²) in [6, 6.07) is 6.09. The lowest BCUT2D eigenvalue weighted by Crippen LogP contribution is -1.91. The van der Waals surface area contributed by atoms with E-state index in [1.54, 1.807) is 11.3 Å². The number of rotatable bonds is 2. The van der Waals surface area contributed by atoms with Gasteiger partial charge in [-0.05, 0) is 24.6 Å². The van der Waals surface area contributed by atoms with Crippen molar-refractivity contribution in [3.8, 4) is 0 Å². The molecule has 0 saturated carbocycles. The van der Waals surface area contributed by atoms with Gasteiger partial charge in [0.25, 0.3) is 0 Å². The first-order valence-corrected chi connectivity index (χ1v) is 7.13. The molecule has 0 atom stereocenters. The van der Waals surface area contributed by atoms with Gasteiger partial charge in [0.2, 0.25) is 0 Å². The van der Waals surface area contributed by atoms with E-state index >= 15 is 0 Å². The van der Waals surface area contributed by atoms with E-state index in [2.05, 4.69) is 36.8 Å². The molecule has 0 aliphatic heterocycles. The molecular weight excluding hydrogens is 352 g/mol. The Hall–Kier alpha value is -0.390. The Morgan fingerprint density at radius 1 is 1.31 bits per heavy atom. The van der Waals surface area contributed by atoms with Crippen molar-refractivity contribution in [2.45, 2.75) is 13.3 Å². The summed E-state index contributed by atoms with van der Waals surface area (Å²) in [5, 5.41) is 0.635. The Labute approximate surface area is 115 Å². The normalized spacial score (nSPS) is 10.7. The lowest BCUT2D eigenvalue weighted by molar-refractivity contribution is 1.13. The van der Waals surface area contributed by atoms with Crippen molar-refractivity contribution in [2.75, 3.05) is 5.73 Å². The van der Waals surface area contributed by atoms with Gasteiger partial charge in [0.05, 0.1) is 5.69 Å². The highest BCUT2D eigenvalue weighted by atomic mass is 79.9. The number of halogens is 2. The van der Waals surface area contributed by atoms with Gasteiger partial charge in [-0.2, -0.15) is 0 Å². The minimum absolute atomic E-state index is 0.635. The molecule has 1 heterocycles. The van der Waals surface area contributed by atoms with E-state index in [9.17, 15) is 0 Å². The number of thiazole rings is 1. The molecule has 0 unspecified atom stereocenters. The van der Waals surface area contributed by atoms with Crippen molar-refractivity contribution in [3.63, 3.8) is 0 Å². The zero-order valence-corrected chi connectivity index (χ0v) is 12.6. The summed E-state index contributed by atoms with van der Waals surface area (Å²) in [6.07, 6.45) is 0.850. The predicted molar refractivity (Wildman–Crippen MR) is 75.9 cm³/mol. The van der Waals surface area contributed by atoms with Crippen LogP contribution in [0.4, 0.5) is 5.13 Å². The Morgan fingerprint density at radius 3 is 2.44 bits per heavy atom. The molecule has 84 valence electrons. The van der Waals surface area contributed by atoms with E-state index in [-0.39, 0.29) is 0 Å². The fraction of sp³-hybridized carbons (Fsp3) is 0.182. The maximum Gasteiger partial charge on any atom is 0.180 e. The first kappa shape index (κ1) is 12.1. The standard InChI is InChI=1S/C11H10Br2N2S/c1-6-10(16-11(14)15-6)5-7-8(12)3-2-4-9(7)13/h2-4H,5H2,1H3,(H2,14,15). The zero-order valence-electron chi connectivity index (χ0n) is 8.63. The number of nitrogen functional groups attached to an aromatic ring is 1. The first-order valence-electron chi connectivity index (χ1n) is 4.72. The quantitative estimate of drug-likeness (QED) is 0.872. The number of aromatic nitrogens is 1. The second kappa shape index (κ2) is 4.85. The number of benzene rings is 1. The van der Waals surface area contributed by atoms with Crippen LogP contribution in [-0.2, 0) is 6.42 Å². The lowest BCUT2D eigenvalue weighted by Gasteiger charge is -2.05. The number of anilines is 1. The van der Waals surface area contributed by atoms with Gasteiger partial charge in [-0.1, -0.05) is 37.9 Å². The lowest BCUT2D eigenvalue weighted by atomic mass is 10.1. The minimum atomic E-state index is 0.635. The smallest absolute Gasteiger partial charge is 0.180 e. The van der Waals surface area contributed by atoms with Crippen LogP contribution >= 0.6 is 43.2 Å². The molecule has 2 aromatic rings. The molecule has 2 rings (SSSR count). The molecule has 2 N–H and O–H groups in total. The molecule has 2 nitrogen and oxygen atoms in total. The van der Waals surface area contributed by atoms with Gasteiger partial charge in [-0.3, -0.25) is 0 Å². The Balaban J connectivity index is 2.37. The van der Waals surface area contributed by atoms with Crippen LogP contribution in [0.5, 0.6) is 0 Å². The van der Waals surface area contributed by atoms with Gasteiger partial charge in [-0.15, -0.1) is 11.3 Å².